The number of anilines is 1. The number of hydrogen-bond donors (Lipinski definition) is 0. The maximum absolute atomic E-state index is 3.79. The summed E-state index contributed by atoms with van der Waals surface area (Å²) in [7, 11) is 0. The summed E-state index contributed by atoms with van der Waals surface area (Å²) < 4.78 is 0. The molecule has 1 heteroatoms. The van der Waals surface area contributed by atoms with E-state index in [0.717, 1.165) is 13.1 Å². The van der Waals surface area contributed by atoms with Gasteiger partial charge in [0.25, 0.3) is 0 Å². The molecule has 0 amide bonds. The van der Waals surface area contributed by atoms with Gasteiger partial charge in [0.2, 0.25) is 0 Å². The molecule has 0 atom stereocenters. The maximum atomic E-state index is 3.79. The fourth-order valence-corrected chi connectivity index (χ4v) is 1.97. The first-order chi connectivity index (χ1) is 8.35. The minimum atomic E-state index is 0.838. The molecule has 0 spiro atoms. The SMILES string of the molecule is C=CCN(CC=C)c1ccc2ccccc2c1. The zero-order chi connectivity index (χ0) is 12.1. The van der Waals surface area contributed by atoms with Gasteiger partial charge in [-0.05, 0) is 22.9 Å². The van der Waals surface area contributed by atoms with Crippen molar-refractivity contribution in [1.82, 2.24) is 0 Å². The molecule has 86 valence electrons. The van der Waals surface area contributed by atoms with Crippen molar-refractivity contribution in [2.75, 3.05) is 18.0 Å². The van der Waals surface area contributed by atoms with Gasteiger partial charge in [-0.2, -0.15) is 0 Å². The Hall–Kier alpha value is -2.02. The second-order valence-corrected chi connectivity index (χ2v) is 4.01. The Morgan fingerprint density at radius 1 is 0.882 bits per heavy atom. The van der Waals surface area contributed by atoms with Crippen LogP contribution in [0.1, 0.15) is 0 Å². The van der Waals surface area contributed by atoms with Gasteiger partial charge >= 0.3 is 0 Å². The quantitative estimate of drug-likeness (QED) is 0.692. The average Bonchev–Trinajstić information content (AvgIpc) is 2.38. The van der Waals surface area contributed by atoms with Crippen molar-refractivity contribution in [3.63, 3.8) is 0 Å². The summed E-state index contributed by atoms with van der Waals surface area (Å²) in [5.41, 5.74) is 1.21. The highest BCUT2D eigenvalue weighted by Gasteiger charge is 2.03. The highest BCUT2D eigenvalue weighted by Crippen LogP contribution is 2.21. The van der Waals surface area contributed by atoms with E-state index in [9.17, 15) is 0 Å². The zero-order valence-corrected chi connectivity index (χ0v) is 9.97. The van der Waals surface area contributed by atoms with Crippen LogP contribution in [0.15, 0.2) is 67.8 Å². The molecule has 0 N–H and O–H groups in total. The summed E-state index contributed by atoms with van der Waals surface area (Å²) in [6, 6.07) is 14.9. The Bertz CT molecular complexity index is 518. The molecule has 0 bridgehead atoms. The first-order valence-corrected chi connectivity index (χ1v) is 5.80. The van der Waals surface area contributed by atoms with Crippen LogP contribution >= 0.6 is 0 Å². The standard InChI is InChI=1S/C16H17N/c1-3-11-17(12-4-2)16-10-9-14-7-5-6-8-15(14)13-16/h3-10,13H,1-2,11-12H2. The van der Waals surface area contributed by atoms with Crippen molar-refractivity contribution in [2.24, 2.45) is 0 Å². The fourth-order valence-electron chi connectivity index (χ4n) is 1.97. The molecule has 0 radical (unpaired) electrons. The van der Waals surface area contributed by atoms with Crippen molar-refractivity contribution in [3.8, 4) is 0 Å². The minimum absolute atomic E-state index is 0.838. The third-order valence-corrected chi connectivity index (χ3v) is 2.80. The van der Waals surface area contributed by atoms with Crippen LogP contribution in [0.2, 0.25) is 0 Å². The van der Waals surface area contributed by atoms with Gasteiger partial charge in [-0.1, -0.05) is 42.5 Å². The van der Waals surface area contributed by atoms with Gasteiger partial charge in [-0.3, -0.25) is 0 Å². The van der Waals surface area contributed by atoms with E-state index < -0.39 is 0 Å². The average molecular weight is 223 g/mol. The normalized spacial score (nSPS) is 10.1. The van der Waals surface area contributed by atoms with Gasteiger partial charge in [0.05, 0.1) is 0 Å². The number of nitrogens with zero attached hydrogens (tertiary/aromatic N) is 1. The molecule has 2 rings (SSSR count). The Morgan fingerprint density at radius 3 is 2.18 bits per heavy atom. The molecule has 0 aliphatic carbocycles. The van der Waals surface area contributed by atoms with Crippen molar-refractivity contribution in [2.45, 2.75) is 0 Å². The van der Waals surface area contributed by atoms with E-state index in [-0.39, 0.29) is 0 Å². The summed E-state index contributed by atoms with van der Waals surface area (Å²) in [6.45, 7) is 9.26. The summed E-state index contributed by atoms with van der Waals surface area (Å²) in [4.78, 5) is 2.24. The highest BCUT2D eigenvalue weighted by atomic mass is 15.1. The van der Waals surface area contributed by atoms with Gasteiger partial charge in [-0.25, -0.2) is 0 Å². The van der Waals surface area contributed by atoms with Crippen LogP contribution in [-0.2, 0) is 0 Å². The van der Waals surface area contributed by atoms with E-state index in [1.165, 1.54) is 16.5 Å². The first-order valence-electron chi connectivity index (χ1n) is 5.80. The molecule has 0 aliphatic rings. The van der Waals surface area contributed by atoms with Crippen LogP contribution in [-0.4, -0.2) is 13.1 Å². The summed E-state index contributed by atoms with van der Waals surface area (Å²) in [5, 5.41) is 2.54. The van der Waals surface area contributed by atoms with Crippen molar-refractivity contribution < 1.29 is 0 Å². The lowest BCUT2D eigenvalue weighted by Gasteiger charge is -2.22. The zero-order valence-electron chi connectivity index (χ0n) is 9.97. The Kier molecular flexibility index (Phi) is 3.61. The molecule has 0 fully saturated rings. The maximum Gasteiger partial charge on any atom is 0.0378 e. The van der Waals surface area contributed by atoms with Crippen LogP contribution in [0.25, 0.3) is 10.8 Å². The summed E-state index contributed by atoms with van der Waals surface area (Å²) >= 11 is 0. The molecule has 0 saturated heterocycles. The molecule has 1 nitrogen and oxygen atoms in total. The molecule has 17 heavy (non-hydrogen) atoms. The van der Waals surface area contributed by atoms with E-state index in [1.54, 1.807) is 0 Å². The number of rotatable bonds is 5. The third-order valence-electron chi connectivity index (χ3n) is 2.80. The molecule has 0 aliphatic heterocycles. The van der Waals surface area contributed by atoms with Gasteiger partial charge in [-0.15, -0.1) is 13.2 Å². The van der Waals surface area contributed by atoms with E-state index in [1.807, 2.05) is 12.2 Å². The van der Waals surface area contributed by atoms with Crippen molar-refractivity contribution in [3.05, 3.63) is 67.8 Å². The van der Waals surface area contributed by atoms with Crippen LogP contribution in [0, 0.1) is 0 Å². The topological polar surface area (TPSA) is 3.24 Å². The second kappa shape index (κ2) is 5.35. The highest BCUT2D eigenvalue weighted by molar-refractivity contribution is 5.85. The van der Waals surface area contributed by atoms with Gasteiger partial charge in [0, 0.05) is 18.8 Å². The molecule has 2 aromatic rings. The minimum Gasteiger partial charge on any atom is -0.364 e. The van der Waals surface area contributed by atoms with Crippen molar-refractivity contribution >= 4 is 16.5 Å². The number of benzene rings is 2. The fraction of sp³-hybridized carbons (Fsp3) is 0.125. The lowest BCUT2D eigenvalue weighted by atomic mass is 10.1. The van der Waals surface area contributed by atoms with Crippen LogP contribution in [0.5, 0.6) is 0 Å². The molecular formula is C16H17N. The molecule has 0 heterocycles. The lowest BCUT2D eigenvalue weighted by molar-refractivity contribution is 0.958. The van der Waals surface area contributed by atoms with E-state index >= 15 is 0 Å². The largest absolute Gasteiger partial charge is 0.364 e. The van der Waals surface area contributed by atoms with Crippen LogP contribution in [0.4, 0.5) is 5.69 Å². The lowest BCUT2D eigenvalue weighted by Crippen LogP contribution is -2.22. The second-order valence-electron chi connectivity index (χ2n) is 4.01. The van der Waals surface area contributed by atoms with Gasteiger partial charge in [0.15, 0.2) is 0 Å². The van der Waals surface area contributed by atoms with Crippen LogP contribution < -0.4 is 4.90 Å². The molecular weight excluding hydrogens is 206 g/mol. The smallest absolute Gasteiger partial charge is 0.0378 e. The van der Waals surface area contributed by atoms with Gasteiger partial charge < -0.3 is 4.90 Å². The Balaban J connectivity index is 2.39. The number of hydrogen-bond acceptors (Lipinski definition) is 1. The number of fused-ring (bicyclic) bond motifs is 1. The Labute approximate surface area is 103 Å². The van der Waals surface area contributed by atoms with E-state index in [2.05, 4.69) is 60.5 Å². The summed E-state index contributed by atoms with van der Waals surface area (Å²) in [6.07, 6.45) is 3.83. The van der Waals surface area contributed by atoms with Crippen LogP contribution in [0.3, 0.4) is 0 Å². The van der Waals surface area contributed by atoms with Crippen molar-refractivity contribution in [1.29, 1.82) is 0 Å². The predicted octanol–water partition coefficient (Wildman–Crippen LogP) is 4.02. The summed E-state index contributed by atoms with van der Waals surface area (Å²) in [5.74, 6) is 0. The first kappa shape index (κ1) is 11.5. The Morgan fingerprint density at radius 2 is 1.53 bits per heavy atom. The molecule has 2 aromatic carbocycles. The van der Waals surface area contributed by atoms with Gasteiger partial charge in [0.1, 0.15) is 0 Å². The van der Waals surface area contributed by atoms with E-state index in [0.29, 0.717) is 0 Å². The van der Waals surface area contributed by atoms with E-state index in [4.69, 9.17) is 0 Å². The molecule has 0 saturated carbocycles. The predicted molar refractivity (Wildman–Crippen MR) is 76.6 cm³/mol. The molecule has 0 aromatic heterocycles. The monoisotopic (exact) mass is 223 g/mol. The molecule has 0 unspecified atom stereocenters. The third kappa shape index (κ3) is 2.56.